The van der Waals surface area contributed by atoms with Gasteiger partial charge in [0, 0.05) is 31.8 Å². The molecule has 0 aromatic rings. The molecule has 0 saturated carbocycles. The maximum atomic E-state index is 13.0. The molecule has 0 aromatic carbocycles. The van der Waals surface area contributed by atoms with Crippen LogP contribution in [0.3, 0.4) is 0 Å². The highest BCUT2D eigenvalue weighted by molar-refractivity contribution is 5.86. The van der Waals surface area contributed by atoms with Crippen LogP contribution in [0.15, 0.2) is 4.99 Å². The van der Waals surface area contributed by atoms with Crippen LogP contribution in [0, 0.1) is 16.0 Å². The molecule has 0 aromatic heterocycles. The molecule has 0 fully saturated rings. The highest BCUT2D eigenvalue weighted by Crippen LogP contribution is 2.18. The number of amides is 1. The van der Waals surface area contributed by atoms with E-state index in [1.54, 1.807) is 0 Å². The monoisotopic (exact) mass is 708 g/mol. The Morgan fingerprint density at radius 1 is 0.600 bits per heavy atom. The van der Waals surface area contributed by atoms with Crippen LogP contribution in [0.2, 0.25) is 0 Å². The summed E-state index contributed by atoms with van der Waals surface area (Å²) in [5.41, 5.74) is 7.34. The average molecular weight is 708 g/mol. The van der Waals surface area contributed by atoms with Crippen LogP contribution in [-0.4, -0.2) is 35.8 Å². The number of hydrogen-bond acceptors (Lipinski definition) is 5. The van der Waals surface area contributed by atoms with E-state index in [0.717, 1.165) is 25.7 Å². The van der Waals surface area contributed by atoms with Crippen molar-refractivity contribution in [3.05, 3.63) is 10.1 Å². The largest absolute Gasteiger partial charge is 0.365 e. The number of unbranched alkanes of at least 4 members (excludes halogenated alkanes) is 27. The van der Waals surface area contributed by atoms with Crippen LogP contribution in [0.25, 0.3) is 0 Å². The summed E-state index contributed by atoms with van der Waals surface area (Å²) in [5, 5.41) is 12.8. The first-order valence-electron chi connectivity index (χ1n) is 21.4. The van der Waals surface area contributed by atoms with E-state index in [0.29, 0.717) is 25.8 Å². The number of aliphatic imine (C=N–C) groups is 1. The molecule has 0 radical (unpaired) electrons. The minimum Gasteiger partial charge on any atom is -0.365 e. The van der Waals surface area contributed by atoms with Crippen molar-refractivity contribution < 1.29 is 14.6 Å². The van der Waals surface area contributed by atoms with Gasteiger partial charge >= 0.3 is 0 Å². The molecule has 9 heteroatoms. The molecular weight excluding hydrogens is 626 g/mol. The number of hydrazine groups is 1. The Balaban J connectivity index is 4.10. The second-order valence-electron chi connectivity index (χ2n) is 14.8. The van der Waals surface area contributed by atoms with Gasteiger partial charge in [-0.05, 0) is 25.7 Å². The molecule has 1 atom stereocenters. The molecule has 0 heterocycles. The van der Waals surface area contributed by atoms with Gasteiger partial charge in [0.25, 0.3) is 5.96 Å². The van der Waals surface area contributed by atoms with Gasteiger partial charge < -0.3 is 11.1 Å². The Bertz CT molecular complexity index is 823. The van der Waals surface area contributed by atoms with Crippen molar-refractivity contribution in [3.8, 4) is 0 Å². The van der Waals surface area contributed by atoms with Crippen LogP contribution in [0.4, 0.5) is 0 Å². The van der Waals surface area contributed by atoms with Gasteiger partial charge in [-0.25, -0.2) is 15.1 Å². The lowest BCUT2D eigenvalue weighted by atomic mass is 9.93. The van der Waals surface area contributed by atoms with Crippen molar-refractivity contribution in [2.75, 3.05) is 13.1 Å². The first-order valence-corrected chi connectivity index (χ1v) is 21.4. The van der Waals surface area contributed by atoms with Gasteiger partial charge in [0.1, 0.15) is 5.78 Å². The Hall–Kier alpha value is -2.19. The quantitative estimate of drug-likeness (QED) is 0.0191. The summed E-state index contributed by atoms with van der Waals surface area (Å²) in [6, 6.07) is 0. The number of nitrogens with two attached hydrogens (primary N) is 1. The van der Waals surface area contributed by atoms with Gasteiger partial charge in [0.15, 0.2) is 5.03 Å². The number of guanidine groups is 1. The molecule has 0 aliphatic carbocycles. The third kappa shape index (κ3) is 35.6. The van der Waals surface area contributed by atoms with E-state index in [2.05, 4.69) is 24.2 Å². The molecule has 0 aliphatic rings. The van der Waals surface area contributed by atoms with E-state index >= 15 is 0 Å². The number of ketones is 1. The third-order valence-electron chi connectivity index (χ3n) is 9.93. The van der Waals surface area contributed by atoms with Crippen molar-refractivity contribution in [1.82, 2.24) is 10.7 Å². The molecule has 0 aliphatic heterocycles. The number of carbonyl (C=O) groups is 2. The van der Waals surface area contributed by atoms with Crippen molar-refractivity contribution >= 4 is 17.6 Å². The molecule has 0 rings (SSSR count). The predicted octanol–water partition coefficient (Wildman–Crippen LogP) is 11.3. The van der Waals surface area contributed by atoms with Crippen LogP contribution in [-0.2, 0) is 9.59 Å². The lowest BCUT2D eigenvalue weighted by Gasteiger charge is -2.16. The molecule has 0 unspecified atom stereocenters. The summed E-state index contributed by atoms with van der Waals surface area (Å²) < 4.78 is 0. The lowest BCUT2D eigenvalue weighted by molar-refractivity contribution is -0.525. The Labute approximate surface area is 308 Å². The lowest BCUT2D eigenvalue weighted by Crippen LogP contribution is -2.36. The zero-order valence-corrected chi connectivity index (χ0v) is 32.9. The summed E-state index contributed by atoms with van der Waals surface area (Å²) in [6.07, 6.45) is 39.4. The summed E-state index contributed by atoms with van der Waals surface area (Å²) in [5.74, 6) is -0.569. The number of nitrogens with one attached hydrogen (secondary N) is 2. The number of hydrogen-bond donors (Lipinski definition) is 3. The Morgan fingerprint density at radius 3 is 1.38 bits per heavy atom. The fourth-order valence-corrected chi connectivity index (χ4v) is 6.74. The Kier molecular flexibility index (Phi) is 36.4. The molecule has 1 amide bonds. The van der Waals surface area contributed by atoms with E-state index in [1.807, 2.05) is 5.43 Å². The number of rotatable bonds is 39. The SMILES string of the molecule is CCCCCCCCCCCCCCCCCCCCCC(=O)C[C@@H](CCCN=C(N)N[N+](=O)[O-])C(=O)NCCCCCCCCCCCC. The van der Waals surface area contributed by atoms with E-state index in [4.69, 9.17) is 5.73 Å². The van der Waals surface area contributed by atoms with E-state index < -0.39 is 11.0 Å². The van der Waals surface area contributed by atoms with Crippen molar-refractivity contribution in [3.63, 3.8) is 0 Å². The fraction of sp³-hybridized carbons (Fsp3) is 0.927. The van der Waals surface area contributed by atoms with Gasteiger partial charge in [-0.2, -0.15) is 0 Å². The molecule has 294 valence electrons. The minimum absolute atomic E-state index is 0.0668. The van der Waals surface area contributed by atoms with E-state index in [1.165, 1.54) is 161 Å². The molecule has 9 nitrogen and oxygen atoms in total. The van der Waals surface area contributed by atoms with E-state index in [-0.39, 0.29) is 30.6 Å². The van der Waals surface area contributed by atoms with Crippen LogP contribution >= 0.6 is 0 Å². The highest BCUT2D eigenvalue weighted by atomic mass is 16.7. The number of nitro groups is 1. The smallest absolute Gasteiger partial charge is 0.251 e. The first kappa shape index (κ1) is 47.8. The number of carbonyl (C=O) groups excluding carboxylic acids is 2. The average Bonchev–Trinajstić information content (AvgIpc) is 3.09. The highest BCUT2D eigenvalue weighted by Gasteiger charge is 2.21. The molecule has 0 bridgehead atoms. The maximum absolute atomic E-state index is 13.0. The summed E-state index contributed by atoms with van der Waals surface area (Å²) >= 11 is 0. The third-order valence-corrected chi connectivity index (χ3v) is 9.93. The second kappa shape index (κ2) is 38.1. The van der Waals surface area contributed by atoms with Crippen LogP contribution in [0.1, 0.15) is 226 Å². The van der Waals surface area contributed by atoms with Gasteiger partial charge in [0.2, 0.25) is 5.91 Å². The predicted molar refractivity (Wildman–Crippen MR) is 212 cm³/mol. The summed E-state index contributed by atoms with van der Waals surface area (Å²) in [6.45, 7) is 5.43. The van der Waals surface area contributed by atoms with Gasteiger partial charge in [-0.3, -0.25) is 9.59 Å². The molecule has 50 heavy (non-hydrogen) atoms. The zero-order chi connectivity index (χ0) is 36.8. The summed E-state index contributed by atoms with van der Waals surface area (Å²) in [7, 11) is 0. The Morgan fingerprint density at radius 2 is 0.980 bits per heavy atom. The molecule has 0 saturated heterocycles. The molecular formula is C41H81N5O4. The standard InChI is InChI=1S/C41H81N5O4/c1-3-5-7-9-11-13-15-16-17-18-19-20-21-22-23-24-26-28-30-34-39(47)37-38(33-32-36-44-41(42)45-46(49)50)40(48)43-35-31-29-27-25-14-12-10-8-6-4-2/h38H,3-37H2,1-2H3,(H,43,48)(H3,42,44,45)/t38-/m1/s1. The minimum atomic E-state index is -0.748. The second-order valence-corrected chi connectivity index (χ2v) is 14.8. The zero-order valence-electron chi connectivity index (χ0n) is 32.9. The fourth-order valence-electron chi connectivity index (χ4n) is 6.74. The topological polar surface area (TPSA) is 140 Å². The molecule has 4 N–H and O–H groups in total. The van der Waals surface area contributed by atoms with Gasteiger partial charge in [0.05, 0.1) is 0 Å². The van der Waals surface area contributed by atoms with Crippen LogP contribution < -0.4 is 16.5 Å². The van der Waals surface area contributed by atoms with Crippen molar-refractivity contribution in [2.24, 2.45) is 16.6 Å². The molecule has 0 spiro atoms. The summed E-state index contributed by atoms with van der Waals surface area (Å²) in [4.78, 5) is 40.4. The van der Waals surface area contributed by atoms with Gasteiger partial charge in [-0.15, -0.1) is 0 Å². The van der Waals surface area contributed by atoms with Gasteiger partial charge in [-0.1, -0.05) is 193 Å². The van der Waals surface area contributed by atoms with Crippen LogP contribution in [0.5, 0.6) is 0 Å². The van der Waals surface area contributed by atoms with Crippen molar-refractivity contribution in [1.29, 1.82) is 0 Å². The first-order chi connectivity index (χ1) is 24.4. The number of Topliss-reactive ketones (excluding diaryl/α,β-unsaturated/α-hetero) is 1. The maximum Gasteiger partial charge on any atom is 0.251 e. The number of nitrogens with zero attached hydrogens (tertiary/aromatic N) is 2. The van der Waals surface area contributed by atoms with E-state index in [9.17, 15) is 19.7 Å². The van der Waals surface area contributed by atoms with Crippen molar-refractivity contribution in [2.45, 2.75) is 226 Å². The normalized spacial score (nSPS) is 12.2.